The van der Waals surface area contributed by atoms with Crippen LogP contribution < -0.4 is 14.4 Å². The smallest absolute Gasteiger partial charge is 0.227 e. The molecule has 174 valence electrons. The zero-order valence-electron chi connectivity index (χ0n) is 19.8. The van der Waals surface area contributed by atoms with Gasteiger partial charge in [0.2, 0.25) is 5.91 Å². The van der Waals surface area contributed by atoms with Gasteiger partial charge < -0.3 is 18.9 Å². The molecule has 0 unspecified atom stereocenters. The van der Waals surface area contributed by atoms with Gasteiger partial charge in [0.15, 0.2) is 0 Å². The van der Waals surface area contributed by atoms with Crippen LogP contribution in [0.1, 0.15) is 29.3 Å². The molecule has 4 aromatic rings. The largest absolute Gasteiger partial charge is 0.497 e. The summed E-state index contributed by atoms with van der Waals surface area (Å²) in [4.78, 5) is 19.8. The molecule has 0 saturated carbocycles. The van der Waals surface area contributed by atoms with Crippen LogP contribution in [0.4, 0.5) is 5.69 Å². The second-order valence-electron chi connectivity index (χ2n) is 8.81. The van der Waals surface area contributed by atoms with Crippen LogP contribution in [-0.4, -0.2) is 35.7 Å². The highest BCUT2D eigenvalue weighted by Gasteiger charge is 2.35. The topological polar surface area (TPSA) is 56.6 Å². The molecule has 6 nitrogen and oxygen atoms in total. The van der Waals surface area contributed by atoms with Gasteiger partial charge in [-0.25, -0.2) is 4.98 Å². The summed E-state index contributed by atoms with van der Waals surface area (Å²) >= 11 is 0. The summed E-state index contributed by atoms with van der Waals surface area (Å²) in [6.07, 6.45) is 0.454. The van der Waals surface area contributed by atoms with Crippen molar-refractivity contribution in [1.29, 1.82) is 0 Å². The third kappa shape index (κ3) is 4.23. The van der Waals surface area contributed by atoms with Crippen molar-refractivity contribution in [2.24, 2.45) is 0 Å². The highest BCUT2D eigenvalue weighted by atomic mass is 16.5. The normalized spacial score (nSPS) is 15.8. The van der Waals surface area contributed by atoms with E-state index >= 15 is 0 Å². The zero-order chi connectivity index (χ0) is 23.7. The van der Waals surface area contributed by atoms with E-state index in [1.54, 1.807) is 7.11 Å². The number of amides is 1. The molecule has 0 radical (unpaired) electrons. The van der Waals surface area contributed by atoms with Crippen molar-refractivity contribution in [3.63, 3.8) is 0 Å². The fourth-order valence-corrected chi connectivity index (χ4v) is 4.59. The van der Waals surface area contributed by atoms with Crippen LogP contribution in [0.2, 0.25) is 0 Å². The first-order chi connectivity index (χ1) is 16.5. The lowest BCUT2D eigenvalue weighted by molar-refractivity contribution is -0.117. The molecule has 1 aliphatic rings. The van der Waals surface area contributed by atoms with E-state index in [1.807, 2.05) is 53.4 Å². The summed E-state index contributed by atoms with van der Waals surface area (Å²) in [5.74, 6) is 2.71. The van der Waals surface area contributed by atoms with E-state index in [2.05, 4.69) is 36.6 Å². The van der Waals surface area contributed by atoms with Crippen molar-refractivity contribution in [1.82, 2.24) is 9.55 Å². The molecule has 1 fully saturated rings. The van der Waals surface area contributed by atoms with Gasteiger partial charge >= 0.3 is 0 Å². The molecule has 6 heteroatoms. The first kappa shape index (κ1) is 22.0. The van der Waals surface area contributed by atoms with Gasteiger partial charge in [-0.05, 0) is 73.5 Å². The highest BCUT2D eigenvalue weighted by molar-refractivity contribution is 5.96. The quantitative estimate of drug-likeness (QED) is 0.381. The van der Waals surface area contributed by atoms with E-state index in [0.29, 0.717) is 26.1 Å². The molecule has 0 aliphatic carbocycles. The number of methoxy groups -OCH3 is 1. The highest BCUT2D eigenvalue weighted by Crippen LogP contribution is 2.34. The number of hydrogen-bond acceptors (Lipinski definition) is 4. The Morgan fingerprint density at radius 3 is 2.50 bits per heavy atom. The summed E-state index contributed by atoms with van der Waals surface area (Å²) in [5.41, 5.74) is 5.38. The predicted octanol–water partition coefficient (Wildman–Crippen LogP) is 5.26. The van der Waals surface area contributed by atoms with Crippen molar-refractivity contribution in [3.05, 3.63) is 83.7 Å². The van der Waals surface area contributed by atoms with Gasteiger partial charge in [0.05, 0.1) is 24.7 Å². The minimum Gasteiger partial charge on any atom is -0.497 e. The molecule has 1 atom stereocenters. The van der Waals surface area contributed by atoms with Crippen LogP contribution in [0.15, 0.2) is 66.7 Å². The van der Waals surface area contributed by atoms with Crippen molar-refractivity contribution >= 4 is 22.6 Å². The van der Waals surface area contributed by atoms with Gasteiger partial charge in [0, 0.05) is 24.6 Å². The summed E-state index contributed by atoms with van der Waals surface area (Å²) in [7, 11) is 1.65. The summed E-state index contributed by atoms with van der Waals surface area (Å²) in [6, 6.07) is 21.9. The number of ether oxygens (including phenoxy) is 2. The number of carbonyl (C=O) groups excluding carboxylic acids is 1. The first-order valence-corrected chi connectivity index (χ1v) is 11.6. The number of rotatable bonds is 7. The minimum atomic E-state index is 0.0301. The monoisotopic (exact) mass is 455 g/mol. The third-order valence-corrected chi connectivity index (χ3v) is 6.62. The molecular weight excluding hydrogens is 426 g/mol. The number of nitrogens with zero attached hydrogens (tertiary/aromatic N) is 3. The first-order valence-electron chi connectivity index (χ1n) is 11.6. The van der Waals surface area contributed by atoms with Crippen LogP contribution in [0.3, 0.4) is 0 Å². The lowest BCUT2D eigenvalue weighted by atomic mass is 10.1. The lowest BCUT2D eigenvalue weighted by Crippen LogP contribution is -2.24. The zero-order valence-corrected chi connectivity index (χ0v) is 19.8. The maximum atomic E-state index is 13.0. The SMILES string of the molecule is COc1ccc(OCCn2c([C@H]3CC(=O)N(c4ccc(C)c(C)c4)C3)nc3ccccc32)cc1. The second-order valence-corrected chi connectivity index (χ2v) is 8.81. The predicted molar refractivity (Wildman–Crippen MR) is 134 cm³/mol. The number of aryl methyl sites for hydroxylation is 2. The number of hydrogen-bond donors (Lipinski definition) is 0. The molecule has 1 aromatic heterocycles. The van der Waals surface area contributed by atoms with Crippen LogP contribution in [0, 0.1) is 13.8 Å². The van der Waals surface area contributed by atoms with E-state index in [0.717, 1.165) is 34.0 Å². The molecule has 1 amide bonds. The molecule has 0 N–H and O–H groups in total. The van der Waals surface area contributed by atoms with Crippen LogP contribution in [0.5, 0.6) is 11.5 Å². The number of carbonyl (C=O) groups is 1. The Kier molecular flexibility index (Phi) is 5.97. The maximum absolute atomic E-state index is 13.0. The molecule has 1 aliphatic heterocycles. The van der Waals surface area contributed by atoms with Gasteiger partial charge in [0.1, 0.15) is 23.9 Å². The average molecular weight is 456 g/mol. The Labute approximate surface area is 199 Å². The van der Waals surface area contributed by atoms with E-state index in [-0.39, 0.29) is 11.8 Å². The fourth-order valence-electron chi connectivity index (χ4n) is 4.59. The van der Waals surface area contributed by atoms with Gasteiger partial charge in [0.25, 0.3) is 0 Å². The molecular formula is C28H29N3O3. The summed E-state index contributed by atoms with van der Waals surface area (Å²) < 4.78 is 13.4. The molecule has 3 aromatic carbocycles. The number of anilines is 1. The number of imidazole rings is 1. The van der Waals surface area contributed by atoms with Crippen molar-refractivity contribution in [2.75, 3.05) is 25.2 Å². The number of para-hydroxylation sites is 2. The number of fused-ring (bicyclic) bond motifs is 1. The fraction of sp³-hybridized carbons (Fsp3) is 0.286. The van der Waals surface area contributed by atoms with E-state index in [1.165, 1.54) is 11.1 Å². The maximum Gasteiger partial charge on any atom is 0.227 e. The second kappa shape index (κ2) is 9.21. The van der Waals surface area contributed by atoms with Crippen LogP contribution >= 0.6 is 0 Å². The Morgan fingerprint density at radius 2 is 1.74 bits per heavy atom. The van der Waals surface area contributed by atoms with Crippen molar-refractivity contribution in [3.8, 4) is 11.5 Å². The molecule has 2 heterocycles. The molecule has 0 bridgehead atoms. The Hall–Kier alpha value is -3.80. The van der Waals surface area contributed by atoms with Crippen molar-refractivity contribution in [2.45, 2.75) is 32.7 Å². The van der Waals surface area contributed by atoms with Gasteiger partial charge in [-0.15, -0.1) is 0 Å². The minimum absolute atomic E-state index is 0.0301. The molecule has 5 rings (SSSR count). The Balaban J connectivity index is 1.38. The Morgan fingerprint density at radius 1 is 0.971 bits per heavy atom. The van der Waals surface area contributed by atoms with Gasteiger partial charge in [-0.1, -0.05) is 18.2 Å². The lowest BCUT2D eigenvalue weighted by Gasteiger charge is -2.18. The van der Waals surface area contributed by atoms with Crippen LogP contribution in [0.25, 0.3) is 11.0 Å². The molecule has 34 heavy (non-hydrogen) atoms. The van der Waals surface area contributed by atoms with Crippen LogP contribution in [-0.2, 0) is 11.3 Å². The van der Waals surface area contributed by atoms with E-state index in [9.17, 15) is 4.79 Å². The molecule has 1 saturated heterocycles. The average Bonchev–Trinajstić information content (AvgIpc) is 3.42. The number of benzene rings is 3. The third-order valence-electron chi connectivity index (χ3n) is 6.62. The number of aromatic nitrogens is 2. The Bertz CT molecular complexity index is 1330. The molecule has 0 spiro atoms. The summed E-state index contributed by atoms with van der Waals surface area (Å²) in [6.45, 7) is 5.95. The van der Waals surface area contributed by atoms with Gasteiger partial charge in [-0.3, -0.25) is 4.79 Å². The summed E-state index contributed by atoms with van der Waals surface area (Å²) in [5, 5.41) is 0. The van der Waals surface area contributed by atoms with E-state index in [4.69, 9.17) is 14.5 Å². The van der Waals surface area contributed by atoms with Gasteiger partial charge in [-0.2, -0.15) is 0 Å². The van der Waals surface area contributed by atoms with E-state index < -0.39 is 0 Å². The van der Waals surface area contributed by atoms with Crippen molar-refractivity contribution < 1.29 is 14.3 Å². The standard InChI is InChI=1S/C28H29N3O3/c1-19-8-9-22(16-20(19)2)31-18-21(17-27(31)32)28-29-25-6-4-5-7-26(25)30(28)14-15-34-24-12-10-23(33-3)11-13-24/h4-13,16,21H,14-15,17-18H2,1-3H3/t21-/m0/s1.